The Bertz CT molecular complexity index is 108. The van der Waals surface area contributed by atoms with Crippen molar-refractivity contribution in [1.82, 2.24) is 4.72 Å². The summed E-state index contributed by atoms with van der Waals surface area (Å²) in [6.45, 7) is 0. The topological polar surface area (TPSA) is 29.1 Å². The van der Waals surface area contributed by atoms with Gasteiger partial charge in [0.15, 0.2) is 0 Å². The van der Waals surface area contributed by atoms with Gasteiger partial charge in [-0.15, -0.1) is 0 Å². The maximum Gasteiger partial charge on any atom is 0.235 e. The second-order valence-corrected chi connectivity index (χ2v) is 2.83. The molecule has 4 heteroatoms. The van der Waals surface area contributed by atoms with E-state index in [9.17, 15) is 4.79 Å². The van der Waals surface area contributed by atoms with Crippen molar-refractivity contribution in [3.8, 4) is 0 Å². The monoisotopic (exact) mass is 133 g/mol. The highest BCUT2D eigenvalue weighted by atomic mass is 32.2. The zero-order chi connectivity index (χ0) is 5.28. The summed E-state index contributed by atoms with van der Waals surface area (Å²) in [6, 6.07) is 0. The molecule has 1 rings (SSSR count). The predicted octanol–water partition coefficient (Wildman–Crippen LogP) is 0.482. The molecule has 1 fully saturated rings. The molecular weight excluding hydrogens is 130 g/mol. The minimum atomic E-state index is 0.0231. The lowest BCUT2D eigenvalue weighted by Crippen LogP contribution is -2.04. The molecule has 1 amide bonds. The van der Waals surface area contributed by atoms with Crippen molar-refractivity contribution in [1.29, 1.82) is 0 Å². The molecule has 0 bridgehead atoms. The number of hydrogen-bond acceptors (Lipinski definition) is 3. The van der Waals surface area contributed by atoms with Gasteiger partial charge in [-0.2, -0.15) is 0 Å². The molecular formula is C3H3NOS2. The van der Waals surface area contributed by atoms with Crippen LogP contribution < -0.4 is 4.72 Å². The number of carbonyl (C=O) groups excluding carboxylic acids is 1. The van der Waals surface area contributed by atoms with Crippen molar-refractivity contribution in [3.05, 3.63) is 0 Å². The van der Waals surface area contributed by atoms with E-state index in [0.717, 1.165) is 4.20 Å². The highest BCUT2D eigenvalue weighted by Gasteiger charge is 2.13. The van der Waals surface area contributed by atoms with E-state index in [2.05, 4.69) is 16.9 Å². The van der Waals surface area contributed by atoms with Crippen LogP contribution in [0.3, 0.4) is 0 Å². The van der Waals surface area contributed by atoms with Crippen LogP contribution in [-0.4, -0.2) is 10.1 Å². The lowest BCUT2D eigenvalue weighted by atomic mass is 10.5. The Morgan fingerprint density at radius 1 is 1.86 bits per heavy atom. The van der Waals surface area contributed by atoms with Crippen LogP contribution in [0.2, 0.25) is 0 Å². The van der Waals surface area contributed by atoms with Gasteiger partial charge in [-0.05, 0) is 11.9 Å². The zero-order valence-electron chi connectivity index (χ0n) is 3.43. The fraction of sp³-hybridized carbons (Fsp3) is 0.333. The molecule has 0 aliphatic carbocycles. The van der Waals surface area contributed by atoms with Gasteiger partial charge >= 0.3 is 0 Å². The van der Waals surface area contributed by atoms with Gasteiger partial charge < -0.3 is 0 Å². The smallest absolute Gasteiger partial charge is 0.235 e. The SMILES string of the molecule is O=C1CC(=S)SN1. The van der Waals surface area contributed by atoms with E-state index in [1.165, 1.54) is 11.9 Å². The van der Waals surface area contributed by atoms with Crippen LogP contribution in [0.1, 0.15) is 6.42 Å². The van der Waals surface area contributed by atoms with Gasteiger partial charge in [0.05, 0.1) is 10.6 Å². The van der Waals surface area contributed by atoms with Gasteiger partial charge in [0.1, 0.15) is 0 Å². The summed E-state index contributed by atoms with van der Waals surface area (Å²) in [5.41, 5.74) is 0. The van der Waals surface area contributed by atoms with E-state index in [-0.39, 0.29) is 5.91 Å². The number of amides is 1. The Hall–Kier alpha value is -0.0900. The summed E-state index contributed by atoms with van der Waals surface area (Å²) >= 11 is 5.91. The molecule has 0 radical (unpaired) electrons. The van der Waals surface area contributed by atoms with Crippen LogP contribution >= 0.6 is 24.2 Å². The van der Waals surface area contributed by atoms with Crippen LogP contribution in [0.25, 0.3) is 0 Å². The van der Waals surface area contributed by atoms with E-state index in [0.29, 0.717) is 6.42 Å². The summed E-state index contributed by atoms with van der Waals surface area (Å²) in [4.78, 5) is 10.2. The number of nitrogens with one attached hydrogen (secondary N) is 1. The highest BCUT2D eigenvalue weighted by Crippen LogP contribution is 2.10. The Morgan fingerprint density at radius 2 is 2.57 bits per heavy atom. The van der Waals surface area contributed by atoms with E-state index in [1.807, 2.05) is 0 Å². The number of thiocarbonyl (C=S) groups is 1. The second-order valence-electron chi connectivity index (χ2n) is 1.18. The first-order valence-electron chi connectivity index (χ1n) is 1.77. The van der Waals surface area contributed by atoms with Gasteiger partial charge in [0, 0.05) is 0 Å². The molecule has 1 N–H and O–H groups in total. The minimum Gasteiger partial charge on any atom is -0.295 e. The van der Waals surface area contributed by atoms with Crippen LogP contribution in [0.15, 0.2) is 0 Å². The third kappa shape index (κ3) is 1.14. The van der Waals surface area contributed by atoms with E-state index < -0.39 is 0 Å². The molecule has 7 heavy (non-hydrogen) atoms. The molecule has 0 spiro atoms. The first-order chi connectivity index (χ1) is 3.29. The van der Waals surface area contributed by atoms with Crippen LogP contribution in [0.4, 0.5) is 0 Å². The van der Waals surface area contributed by atoms with Crippen molar-refractivity contribution >= 4 is 34.3 Å². The summed E-state index contributed by atoms with van der Waals surface area (Å²) in [6.07, 6.45) is 0.417. The van der Waals surface area contributed by atoms with Gasteiger partial charge in [0.25, 0.3) is 0 Å². The van der Waals surface area contributed by atoms with Crippen molar-refractivity contribution in [2.24, 2.45) is 0 Å². The van der Waals surface area contributed by atoms with Gasteiger partial charge in [-0.1, -0.05) is 12.2 Å². The molecule has 0 unspecified atom stereocenters. The van der Waals surface area contributed by atoms with Gasteiger partial charge in [-0.3, -0.25) is 9.52 Å². The maximum absolute atomic E-state index is 10.2. The van der Waals surface area contributed by atoms with Crippen molar-refractivity contribution in [3.63, 3.8) is 0 Å². The molecule has 1 heterocycles. The minimum absolute atomic E-state index is 0.0231. The Balaban J connectivity index is 2.55. The third-order valence-electron chi connectivity index (χ3n) is 0.584. The highest BCUT2D eigenvalue weighted by molar-refractivity contribution is 8.22. The number of carbonyl (C=O) groups is 1. The maximum atomic E-state index is 10.2. The third-order valence-corrected chi connectivity index (χ3v) is 1.68. The summed E-state index contributed by atoms with van der Waals surface area (Å²) in [5.74, 6) is 0.0231. The van der Waals surface area contributed by atoms with Crippen molar-refractivity contribution < 1.29 is 4.79 Å². The fourth-order valence-corrected chi connectivity index (χ4v) is 1.08. The Kier molecular flexibility index (Phi) is 1.30. The molecule has 1 saturated heterocycles. The van der Waals surface area contributed by atoms with E-state index >= 15 is 0 Å². The van der Waals surface area contributed by atoms with Crippen LogP contribution in [0, 0.1) is 0 Å². The summed E-state index contributed by atoms with van der Waals surface area (Å²) in [7, 11) is 0. The zero-order valence-corrected chi connectivity index (χ0v) is 5.06. The summed E-state index contributed by atoms with van der Waals surface area (Å²) < 4.78 is 3.25. The second kappa shape index (κ2) is 1.79. The normalized spacial score (nSPS) is 20.0. The molecule has 0 aromatic carbocycles. The molecule has 38 valence electrons. The van der Waals surface area contributed by atoms with Crippen molar-refractivity contribution in [2.75, 3.05) is 0 Å². The van der Waals surface area contributed by atoms with Crippen LogP contribution in [0.5, 0.6) is 0 Å². The molecule has 2 nitrogen and oxygen atoms in total. The molecule has 0 atom stereocenters. The standard InChI is InChI=1S/C3H3NOS2/c5-2-1-3(6)7-4-2/h1H2,(H,4,5). The molecule has 0 aromatic heterocycles. The Morgan fingerprint density at radius 3 is 2.71 bits per heavy atom. The largest absolute Gasteiger partial charge is 0.295 e. The first-order valence-corrected chi connectivity index (χ1v) is 3.00. The van der Waals surface area contributed by atoms with Crippen molar-refractivity contribution in [2.45, 2.75) is 6.42 Å². The molecule has 0 saturated carbocycles. The Labute approximate surface area is 50.8 Å². The van der Waals surface area contributed by atoms with E-state index in [1.54, 1.807) is 0 Å². The van der Waals surface area contributed by atoms with E-state index in [4.69, 9.17) is 0 Å². The lowest BCUT2D eigenvalue weighted by molar-refractivity contribution is -0.117. The summed E-state index contributed by atoms with van der Waals surface area (Å²) in [5, 5.41) is 0. The quantitative estimate of drug-likeness (QED) is 0.385. The predicted molar refractivity (Wildman–Crippen MR) is 32.9 cm³/mol. The number of hydrogen-bond donors (Lipinski definition) is 1. The first kappa shape index (κ1) is 5.05. The molecule has 1 aliphatic rings. The molecule has 1 aliphatic heterocycles. The lowest BCUT2D eigenvalue weighted by Gasteiger charge is -1.78. The number of rotatable bonds is 0. The van der Waals surface area contributed by atoms with Crippen LogP contribution in [-0.2, 0) is 4.79 Å². The molecule has 0 aromatic rings. The average Bonchev–Trinajstić information content (AvgIpc) is 1.87. The van der Waals surface area contributed by atoms with Gasteiger partial charge in [0.2, 0.25) is 5.91 Å². The van der Waals surface area contributed by atoms with Gasteiger partial charge in [-0.25, -0.2) is 0 Å². The fourth-order valence-electron chi connectivity index (χ4n) is 0.317. The average molecular weight is 133 g/mol.